The number of rotatable bonds is 7. The Morgan fingerprint density at radius 3 is 2.52 bits per heavy atom. The van der Waals surface area contributed by atoms with Crippen LogP contribution in [0.1, 0.15) is 29.3 Å². The average molecular weight is 311 g/mol. The number of pyridine rings is 1. The zero-order valence-corrected chi connectivity index (χ0v) is 14.1. The number of amides is 1. The van der Waals surface area contributed by atoms with Crippen molar-refractivity contribution < 1.29 is 4.79 Å². The Morgan fingerprint density at radius 1 is 1.17 bits per heavy atom. The smallest absolute Gasteiger partial charge is 0.241 e. The Hall–Kier alpha value is -2.20. The molecule has 23 heavy (non-hydrogen) atoms. The molecule has 0 saturated heterocycles. The summed E-state index contributed by atoms with van der Waals surface area (Å²) in [5, 5.41) is 3.04. The standard InChI is InChI=1S/C19H25N3O/c1-15-9-11-16(12-10-15)18(22(2)3)19(23)21-14-6-8-17-7-4-5-13-20-17/h4-5,7,9-13,18H,6,8,14H2,1-3H3,(H,21,23)/t18-/m1/s1. The molecule has 0 saturated carbocycles. The predicted molar refractivity (Wildman–Crippen MR) is 93.2 cm³/mol. The van der Waals surface area contributed by atoms with Crippen molar-refractivity contribution in [2.45, 2.75) is 25.8 Å². The minimum atomic E-state index is -0.259. The van der Waals surface area contributed by atoms with Gasteiger partial charge in [-0.15, -0.1) is 0 Å². The van der Waals surface area contributed by atoms with Crippen molar-refractivity contribution in [3.63, 3.8) is 0 Å². The van der Waals surface area contributed by atoms with Crippen LogP contribution in [0.4, 0.5) is 0 Å². The molecule has 0 aliphatic heterocycles. The van der Waals surface area contributed by atoms with Crippen molar-refractivity contribution >= 4 is 5.91 Å². The van der Waals surface area contributed by atoms with Gasteiger partial charge in [-0.1, -0.05) is 35.9 Å². The Kier molecular flexibility index (Phi) is 6.29. The van der Waals surface area contributed by atoms with Crippen LogP contribution in [0.2, 0.25) is 0 Å². The number of hydrogen-bond acceptors (Lipinski definition) is 3. The van der Waals surface area contributed by atoms with Crippen molar-refractivity contribution in [3.8, 4) is 0 Å². The molecule has 2 aromatic rings. The van der Waals surface area contributed by atoms with E-state index in [1.54, 1.807) is 6.20 Å². The summed E-state index contributed by atoms with van der Waals surface area (Å²) in [5.41, 5.74) is 3.27. The Balaban J connectivity index is 1.87. The molecule has 1 amide bonds. The molecule has 1 aromatic heterocycles. The molecule has 122 valence electrons. The van der Waals surface area contributed by atoms with Crippen molar-refractivity contribution in [2.75, 3.05) is 20.6 Å². The van der Waals surface area contributed by atoms with Crippen LogP contribution >= 0.6 is 0 Å². The molecule has 1 atom stereocenters. The Labute approximate surface area is 138 Å². The van der Waals surface area contributed by atoms with Gasteiger partial charge in [-0.3, -0.25) is 14.7 Å². The second-order valence-electron chi connectivity index (χ2n) is 5.99. The third-order valence-corrected chi connectivity index (χ3v) is 3.79. The van der Waals surface area contributed by atoms with Crippen molar-refractivity contribution in [2.24, 2.45) is 0 Å². The number of carbonyl (C=O) groups is 1. The van der Waals surface area contributed by atoms with Crippen LogP contribution in [0, 0.1) is 6.92 Å². The summed E-state index contributed by atoms with van der Waals surface area (Å²) >= 11 is 0. The summed E-state index contributed by atoms with van der Waals surface area (Å²) in [5.74, 6) is 0.0415. The molecule has 2 rings (SSSR count). The Morgan fingerprint density at radius 2 is 1.91 bits per heavy atom. The Bertz CT molecular complexity index is 608. The molecule has 4 heteroatoms. The second-order valence-corrected chi connectivity index (χ2v) is 5.99. The largest absolute Gasteiger partial charge is 0.354 e. The maximum atomic E-state index is 12.5. The summed E-state index contributed by atoms with van der Waals surface area (Å²) in [6.07, 6.45) is 3.56. The number of carbonyl (C=O) groups excluding carboxylic acids is 1. The number of aryl methyl sites for hydroxylation is 2. The molecule has 4 nitrogen and oxygen atoms in total. The molecule has 0 aliphatic carbocycles. The fraction of sp³-hybridized carbons (Fsp3) is 0.368. The summed E-state index contributed by atoms with van der Waals surface area (Å²) in [6.45, 7) is 2.71. The molecule has 0 spiro atoms. The molecular formula is C19H25N3O. The van der Waals surface area contributed by atoms with E-state index in [-0.39, 0.29) is 11.9 Å². The molecule has 0 bridgehead atoms. The number of hydrogen-bond donors (Lipinski definition) is 1. The van der Waals surface area contributed by atoms with Gasteiger partial charge in [0.1, 0.15) is 6.04 Å². The van der Waals surface area contributed by atoms with E-state index >= 15 is 0 Å². The first-order valence-corrected chi connectivity index (χ1v) is 7.98. The highest BCUT2D eigenvalue weighted by atomic mass is 16.2. The number of nitrogens with zero attached hydrogens (tertiary/aromatic N) is 2. The van der Waals surface area contributed by atoms with Gasteiger partial charge in [0.15, 0.2) is 0 Å². The fourth-order valence-electron chi connectivity index (χ4n) is 2.56. The van der Waals surface area contributed by atoms with Crippen molar-refractivity contribution in [1.29, 1.82) is 0 Å². The van der Waals surface area contributed by atoms with Crippen molar-refractivity contribution in [3.05, 3.63) is 65.5 Å². The van der Waals surface area contributed by atoms with E-state index in [0.717, 1.165) is 24.1 Å². The molecule has 1 heterocycles. The van der Waals surface area contributed by atoms with Gasteiger partial charge in [0.2, 0.25) is 5.91 Å². The van der Waals surface area contributed by atoms with Crippen molar-refractivity contribution in [1.82, 2.24) is 15.2 Å². The van der Waals surface area contributed by atoms with Crippen LogP contribution in [0.5, 0.6) is 0 Å². The third kappa shape index (κ3) is 5.18. The molecule has 0 radical (unpaired) electrons. The van der Waals surface area contributed by atoms with Gasteiger partial charge in [0.05, 0.1) is 0 Å². The van der Waals surface area contributed by atoms with Gasteiger partial charge in [-0.2, -0.15) is 0 Å². The second kappa shape index (κ2) is 8.44. The molecule has 1 N–H and O–H groups in total. The number of aromatic nitrogens is 1. The van der Waals surface area contributed by atoms with E-state index in [2.05, 4.69) is 10.3 Å². The first-order chi connectivity index (χ1) is 11.1. The molecule has 0 aliphatic rings. The van der Waals surface area contributed by atoms with E-state index in [4.69, 9.17) is 0 Å². The highest BCUT2D eigenvalue weighted by Gasteiger charge is 2.22. The SMILES string of the molecule is Cc1ccc([C@H](C(=O)NCCCc2ccccn2)N(C)C)cc1. The van der Waals surface area contributed by atoms with Gasteiger partial charge >= 0.3 is 0 Å². The van der Waals surface area contributed by atoms with Gasteiger partial charge in [-0.25, -0.2) is 0 Å². The van der Waals surface area contributed by atoms with Gasteiger partial charge in [0, 0.05) is 18.4 Å². The van der Waals surface area contributed by atoms with Crippen LogP contribution in [0.3, 0.4) is 0 Å². The molecular weight excluding hydrogens is 286 g/mol. The molecule has 1 aromatic carbocycles. The lowest BCUT2D eigenvalue weighted by atomic mass is 10.0. The quantitative estimate of drug-likeness (QED) is 0.800. The number of nitrogens with one attached hydrogen (secondary N) is 1. The fourth-order valence-corrected chi connectivity index (χ4v) is 2.56. The van der Waals surface area contributed by atoms with Crippen LogP contribution in [0.25, 0.3) is 0 Å². The summed E-state index contributed by atoms with van der Waals surface area (Å²) < 4.78 is 0. The van der Waals surface area contributed by atoms with E-state index in [9.17, 15) is 4.79 Å². The lowest BCUT2D eigenvalue weighted by molar-refractivity contribution is -0.125. The molecule has 0 fully saturated rings. The van der Waals surface area contributed by atoms with Gasteiger partial charge in [0.25, 0.3) is 0 Å². The normalized spacial score (nSPS) is 12.2. The van der Waals surface area contributed by atoms with E-state index in [0.29, 0.717) is 6.54 Å². The molecule has 0 unspecified atom stereocenters. The highest BCUT2D eigenvalue weighted by molar-refractivity contribution is 5.83. The van der Waals surface area contributed by atoms with E-state index in [1.807, 2.05) is 68.4 Å². The van der Waals surface area contributed by atoms with Gasteiger partial charge in [-0.05, 0) is 51.6 Å². The van der Waals surface area contributed by atoms with E-state index < -0.39 is 0 Å². The lowest BCUT2D eigenvalue weighted by Crippen LogP contribution is -2.37. The van der Waals surface area contributed by atoms with Crippen LogP contribution in [-0.4, -0.2) is 36.4 Å². The minimum Gasteiger partial charge on any atom is -0.354 e. The maximum Gasteiger partial charge on any atom is 0.241 e. The highest BCUT2D eigenvalue weighted by Crippen LogP contribution is 2.19. The first kappa shape index (κ1) is 17.2. The zero-order chi connectivity index (χ0) is 16.7. The first-order valence-electron chi connectivity index (χ1n) is 7.98. The monoisotopic (exact) mass is 311 g/mol. The van der Waals surface area contributed by atoms with Gasteiger partial charge < -0.3 is 5.32 Å². The van der Waals surface area contributed by atoms with Crippen LogP contribution in [-0.2, 0) is 11.2 Å². The van der Waals surface area contributed by atoms with E-state index in [1.165, 1.54) is 5.56 Å². The summed E-state index contributed by atoms with van der Waals surface area (Å²) in [6, 6.07) is 13.8. The number of likely N-dealkylation sites (N-methyl/N-ethyl adjacent to an activating group) is 1. The third-order valence-electron chi connectivity index (χ3n) is 3.79. The average Bonchev–Trinajstić information content (AvgIpc) is 2.54. The zero-order valence-electron chi connectivity index (χ0n) is 14.1. The summed E-state index contributed by atoms with van der Waals surface area (Å²) in [7, 11) is 3.86. The number of benzene rings is 1. The van der Waals surface area contributed by atoms with Crippen LogP contribution < -0.4 is 5.32 Å². The van der Waals surface area contributed by atoms with Crippen LogP contribution in [0.15, 0.2) is 48.7 Å². The maximum absolute atomic E-state index is 12.5. The summed E-state index contributed by atoms with van der Waals surface area (Å²) in [4.78, 5) is 18.7. The minimum absolute atomic E-state index is 0.0415. The lowest BCUT2D eigenvalue weighted by Gasteiger charge is -2.24. The predicted octanol–water partition coefficient (Wildman–Crippen LogP) is 2.74. The topological polar surface area (TPSA) is 45.2 Å².